The van der Waals surface area contributed by atoms with Crippen LogP contribution >= 0.6 is 0 Å². The first-order valence-corrected chi connectivity index (χ1v) is 7.54. The van der Waals surface area contributed by atoms with Crippen molar-refractivity contribution in [3.63, 3.8) is 0 Å². The van der Waals surface area contributed by atoms with Crippen LogP contribution in [-0.4, -0.2) is 44.1 Å². The highest BCUT2D eigenvalue weighted by molar-refractivity contribution is 5.95. The molecule has 0 heterocycles. The van der Waals surface area contributed by atoms with Crippen LogP contribution in [0.25, 0.3) is 0 Å². The van der Waals surface area contributed by atoms with E-state index < -0.39 is 0 Å². The number of amides is 1. The van der Waals surface area contributed by atoms with Gasteiger partial charge in [-0.3, -0.25) is 4.79 Å². The van der Waals surface area contributed by atoms with Crippen molar-refractivity contribution in [2.24, 2.45) is 0 Å². The molecule has 1 fully saturated rings. The summed E-state index contributed by atoms with van der Waals surface area (Å²) >= 11 is 0. The van der Waals surface area contributed by atoms with Gasteiger partial charge >= 0.3 is 0 Å². The molecule has 5 nitrogen and oxygen atoms in total. The highest BCUT2D eigenvalue weighted by Crippen LogP contribution is 2.23. The van der Waals surface area contributed by atoms with E-state index in [0.29, 0.717) is 29.6 Å². The molecular weight excluding hydrogens is 266 g/mol. The molecule has 0 bridgehead atoms. The first-order valence-electron chi connectivity index (χ1n) is 7.54. The van der Waals surface area contributed by atoms with Crippen molar-refractivity contribution in [3.05, 3.63) is 23.8 Å². The van der Waals surface area contributed by atoms with E-state index >= 15 is 0 Å². The monoisotopic (exact) mass is 291 g/mol. The summed E-state index contributed by atoms with van der Waals surface area (Å²) in [6.45, 7) is 1.40. The summed E-state index contributed by atoms with van der Waals surface area (Å²) in [6, 6.07) is 5.55. The maximum Gasteiger partial charge on any atom is 0.251 e. The quantitative estimate of drug-likeness (QED) is 0.785. The van der Waals surface area contributed by atoms with Gasteiger partial charge in [-0.05, 0) is 45.1 Å². The van der Waals surface area contributed by atoms with Gasteiger partial charge in [0.15, 0.2) is 0 Å². The molecule has 0 spiro atoms. The number of carbonyl (C=O) groups excluding carboxylic acids is 1. The molecule has 0 aliphatic heterocycles. The topological polar surface area (TPSA) is 67.6 Å². The van der Waals surface area contributed by atoms with Crippen LogP contribution in [0.5, 0.6) is 5.75 Å². The Hall–Kier alpha value is -1.75. The van der Waals surface area contributed by atoms with Gasteiger partial charge < -0.3 is 20.7 Å². The standard InChI is InChI=1S/C16H25N3O2/c1-19(2)9-10-21-15-8-7-12(11-14(15)17)16(20)18-13-5-3-4-6-13/h7-8,11,13H,3-6,9-10,17H2,1-2H3,(H,18,20). The minimum Gasteiger partial charge on any atom is -0.490 e. The predicted octanol–water partition coefficient (Wildman–Crippen LogP) is 1.88. The lowest BCUT2D eigenvalue weighted by molar-refractivity contribution is 0.0938. The van der Waals surface area contributed by atoms with Crippen molar-refractivity contribution in [1.29, 1.82) is 0 Å². The van der Waals surface area contributed by atoms with E-state index in [2.05, 4.69) is 5.32 Å². The Balaban J connectivity index is 1.92. The number of nitrogens with zero attached hydrogens (tertiary/aromatic N) is 1. The fourth-order valence-corrected chi connectivity index (χ4v) is 2.50. The highest BCUT2D eigenvalue weighted by Gasteiger charge is 2.18. The highest BCUT2D eigenvalue weighted by atomic mass is 16.5. The summed E-state index contributed by atoms with van der Waals surface area (Å²) in [7, 11) is 3.98. The molecule has 2 rings (SSSR count). The van der Waals surface area contributed by atoms with Gasteiger partial charge in [-0.15, -0.1) is 0 Å². The van der Waals surface area contributed by atoms with E-state index in [9.17, 15) is 4.79 Å². The van der Waals surface area contributed by atoms with Crippen molar-refractivity contribution in [3.8, 4) is 5.75 Å². The zero-order valence-corrected chi connectivity index (χ0v) is 12.9. The summed E-state index contributed by atoms with van der Waals surface area (Å²) in [5, 5.41) is 3.06. The fraction of sp³-hybridized carbons (Fsp3) is 0.562. The lowest BCUT2D eigenvalue weighted by Crippen LogP contribution is -2.32. The van der Waals surface area contributed by atoms with Crippen molar-refractivity contribution in [2.45, 2.75) is 31.7 Å². The Morgan fingerprint density at radius 3 is 2.71 bits per heavy atom. The molecule has 0 radical (unpaired) electrons. The van der Waals surface area contributed by atoms with E-state index in [-0.39, 0.29) is 5.91 Å². The Labute approximate surface area is 126 Å². The summed E-state index contributed by atoms with van der Waals surface area (Å²) < 4.78 is 5.62. The molecule has 1 amide bonds. The van der Waals surface area contributed by atoms with E-state index in [1.54, 1.807) is 18.2 Å². The molecule has 1 aliphatic carbocycles. The van der Waals surface area contributed by atoms with Crippen LogP contribution in [0, 0.1) is 0 Å². The molecule has 5 heteroatoms. The SMILES string of the molecule is CN(C)CCOc1ccc(C(=O)NC2CCCC2)cc1N. The Morgan fingerprint density at radius 2 is 2.10 bits per heavy atom. The zero-order chi connectivity index (χ0) is 15.2. The first kappa shape index (κ1) is 15.6. The largest absolute Gasteiger partial charge is 0.490 e. The zero-order valence-electron chi connectivity index (χ0n) is 12.9. The van der Waals surface area contributed by atoms with Crippen LogP contribution in [0.4, 0.5) is 5.69 Å². The van der Waals surface area contributed by atoms with Gasteiger partial charge in [0.2, 0.25) is 0 Å². The number of ether oxygens (including phenoxy) is 1. The molecule has 0 saturated heterocycles. The van der Waals surface area contributed by atoms with Crippen LogP contribution in [0.1, 0.15) is 36.0 Å². The molecule has 116 valence electrons. The maximum atomic E-state index is 12.2. The predicted molar refractivity (Wildman–Crippen MR) is 84.6 cm³/mol. The van der Waals surface area contributed by atoms with Crippen molar-refractivity contribution >= 4 is 11.6 Å². The van der Waals surface area contributed by atoms with E-state index in [0.717, 1.165) is 19.4 Å². The lowest BCUT2D eigenvalue weighted by atomic mass is 10.1. The van der Waals surface area contributed by atoms with Gasteiger partial charge in [-0.1, -0.05) is 12.8 Å². The van der Waals surface area contributed by atoms with Crippen LogP contribution in [0.2, 0.25) is 0 Å². The summed E-state index contributed by atoms with van der Waals surface area (Å²) in [5.74, 6) is 0.586. The molecular formula is C16H25N3O2. The van der Waals surface area contributed by atoms with Gasteiger partial charge in [-0.25, -0.2) is 0 Å². The molecule has 21 heavy (non-hydrogen) atoms. The number of rotatable bonds is 6. The lowest BCUT2D eigenvalue weighted by Gasteiger charge is -2.14. The third kappa shape index (κ3) is 4.63. The third-order valence-corrected chi connectivity index (χ3v) is 3.76. The number of likely N-dealkylation sites (N-methyl/N-ethyl adjacent to an activating group) is 1. The molecule has 0 aromatic heterocycles. The van der Waals surface area contributed by atoms with Crippen LogP contribution in [0.15, 0.2) is 18.2 Å². The van der Waals surface area contributed by atoms with Gasteiger partial charge in [0.05, 0.1) is 5.69 Å². The molecule has 3 N–H and O–H groups in total. The van der Waals surface area contributed by atoms with Crippen molar-refractivity contribution in [1.82, 2.24) is 10.2 Å². The maximum absolute atomic E-state index is 12.2. The second-order valence-corrected chi connectivity index (χ2v) is 5.86. The summed E-state index contributed by atoms with van der Waals surface area (Å²) in [5.41, 5.74) is 7.07. The third-order valence-electron chi connectivity index (χ3n) is 3.76. The average molecular weight is 291 g/mol. The smallest absolute Gasteiger partial charge is 0.251 e. The van der Waals surface area contributed by atoms with Crippen LogP contribution < -0.4 is 15.8 Å². The van der Waals surface area contributed by atoms with Gasteiger partial charge in [0.25, 0.3) is 5.91 Å². The molecule has 0 atom stereocenters. The number of nitrogen functional groups attached to an aromatic ring is 1. The number of hydrogen-bond donors (Lipinski definition) is 2. The second kappa shape index (κ2) is 7.31. The van der Waals surface area contributed by atoms with Gasteiger partial charge in [0, 0.05) is 18.2 Å². The Morgan fingerprint density at radius 1 is 1.38 bits per heavy atom. The van der Waals surface area contributed by atoms with Gasteiger partial charge in [0.1, 0.15) is 12.4 Å². The Bertz CT molecular complexity index is 482. The molecule has 0 unspecified atom stereocenters. The molecule has 1 aromatic rings. The minimum atomic E-state index is -0.0477. The van der Waals surface area contributed by atoms with Crippen molar-refractivity contribution in [2.75, 3.05) is 33.0 Å². The summed E-state index contributed by atoms with van der Waals surface area (Å²) in [6.07, 6.45) is 4.55. The molecule has 1 saturated carbocycles. The second-order valence-electron chi connectivity index (χ2n) is 5.86. The first-order chi connectivity index (χ1) is 10.1. The molecule has 1 aliphatic rings. The fourth-order valence-electron chi connectivity index (χ4n) is 2.50. The van der Waals surface area contributed by atoms with E-state index in [1.807, 2.05) is 19.0 Å². The number of carbonyl (C=O) groups is 1. The number of hydrogen-bond acceptors (Lipinski definition) is 4. The van der Waals surface area contributed by atoms with E-state index in [1.165, 1.54) is 12.8 Å². The number of nitrogens with two attached hydrogens (primary N) is 1. The average Bonchev–Trinajstić information content (AvgIpc) is 2.93. The summed E-state index contributed by atoms with van der Waals surface area (Å²) in [4.78, 5) is 14.2. The number of nitrogens with one attached hydrogen (secondary N) is 1. The normalized spacial score (nSPS) is 15.4. The van der Waals surface area contributed by atoms with Gasteiger partial charge in [-0.2, -0.15) is 0 Å². The van der Waals surface area contributed by atoms with E-state index in [4.69, 9.17) is 10.5 Å². The Kier molecular flexibility index (Phi) is 5.44. The molecule has 1 aromatic carbocycles. The number of anilines is 1. The van der Waals surface area contributed by atoms with Crippen molar-refractivity contribution < 1.29 is 9.53 Å². The van der Waals surface area contributed by atoms with Crippen LogP contribution in [0.3, 0.4) is 0 Å². The van der Waals surface area contributed by atoms with Crippen LogP contribution in [-0.2, 0) is 0 Å². The number of benzene rings is 1. The minimum absolute atomic E-state index is 0.0477.